The molecule has 138 valence electrons. The fourth-order valence-corrected chi connectivity index (χ4v) is 2.82. The number of hydrogen-bond acceptors (Lipinski definition) is 4. The molecule has 0 aliphatic carbocycles. The summed E-state index contributed by atoms with van der Waals surface area (Å²) < 4.78 is 10.1. The normalized spacial score (nSPS) is 14.6. The van der Waals surface area contributed by atoms with Gasteiger partial charge >= 0.3 is 5.97 Å². The van der Waals surface area contributed by atoms with Crippen molar-refractivity contribution in [2.75, 3.05) is 33.4 Å². The molecule has 0 bridgehead atoms. The number of benzene rings is 2. The van der Waals surface area contributed by atoms with Crippen LogP contribution in [0.1, 0.15) is 27.0 Å². The molecular weight excluding hydrogens is 338 g/mol. The van der Waals surface area contributed by atoms with Gasteiger partial charge in [-0.25, -0.2) is 4.79 Å². The summed E-state index contributed by atoms with van der Waals surface area (Å²) in [6.07, 6.45) is 3.83. The zero-order valence-corrected chi connectivity index (χ0v) is 15.5. The van der Waals surface area contributed by atoms with Gasteiger partial charge in [0.15, 0.2) is 0 Å². The number of carbonyl (C=O) groups is 1. The topological polar surface area (TPSA) is 38.8 Å². The Morgan fingerprint density at radius 2 is 1.81 bits per heavy atom. The molecule has 0 N–H and O–H groups in total. The van der Waals surface area contributed by atoms with Gasteiger partial charge in [-0.15, -0.1) is 0 Å². The monoisotopic (exact) mass is 361 g/mol. The maximum absolute atomic E-state index is 11.4. The minimum atomic E-state index is -0.341. The van der Waals surface area contributed by atoms with Crippen molar-refractivity contribution < 1.29 is 14.3 Å². The van der Waals surface area contributed by atoms with Crippen molar-refractivity contribution in [3.05, 3.63) is 76.9 Å². The molecule has 27 heavy (non-hydrogen) atoms. The van der Waals surface area contributed by atoms with Crippen LogP contribution in [0, 0.1) is 11.8 Å². The Morgan fingerprint density at radius 3 is 2.48 bits per heavy atom. The molecule has 0 saturated carbocycles. The van der Waals surface area contributed by atoms with Gasteiger partial charge in [0.2, 0.25) is 0 Å². The minimum absolute atomic E-state index is 0.341. The fraction of sp³-hybridized carbons (Fsp3) is 0.261. The van der Waals surface area contributed by atoms with E-state index in [4.69, 9.17) is 4.74 Å². The number of allylic oxidation sites excluding steroid dienone is 1. The zero-order valence-electron chi connectivity index (χ0n) is 15.5. The van der Waals surface area contributed by atoms with E-state index in [1.54, 1.807) is 12.1 Å². The van der Waals surface area contributed by atoms with Crippen LogP contribution in [-0.2, 0) is 16.0 Å². The molecule has 0 unspecified atom stereocenters. The summed E-state index contributed by atoms with van der Waals surface area (Å²) in [5.74, 6) is 5.74. The fourth-order valence-electron chi connectivity index (χ4n) is 2.82. The number of carbonyl (C=O) groups excluding carboxylic acids is 1. The Kier molecular flexibility index (Phi) is 6.81. The largest absolute Gasteiger partial charge is 0.465 e. The van der Waals surface area contributed by atoms with E-state index in [1.807, 2.05) is 24.3 Å². The van der Waals surface area contributed by atoms with Crippen LogP contribution in [-0.4, -0.2) is 44.3 Å². The van der Waals surface area contributed by atoms with E-state index in [2.05, 4.69) is 45.7 Å². The first-order valence-corrected chi connectivity index (χ1v) is 9.00. The molecule has 0 aromatic heterocycles. The third-order valence-corrected chi connectivity index (χ3v) is 4.37. The number of morpholine rings is 1. The summed E-state index contributed by atoms with van der Waals surface area (Å²) in [7, 11) is 1.37. The highest BCUT2D eigenvalue weighted by molar-refractivity contribution is 5.89. The smallest absolute Gasteiger partial charge is 0.337 e. The van der Waals surface area contributed by atoms with E-state index < -0.39 is 0 Å². The molecule has 0 spiro atoms. The predicted molar refractivity (Wildman–Crippen MR) is 106 cm³/mol. The second-order valence-corrected chi connectivity index (χ2v) is 6.30. The molecule has 1 heterocycles. The van der Waals surface area contributed by atoms with Gasteiger partial charge in [-0.3, -0.25) is 4.90 Å². The number of hydrogen-bond donors (Lipinski definition) is 0. The first kappa shape index (κ1) is 18.9. The van der Waals surface area contributed by atoms with Crippen LogP contribution in [0.15, 0.2) is 54.6 Å². The number of nitrogens with zero attached hydrogens (tertiary/aromatic N) is 1. The maximum Gasteiger partial charge on any atom is 0.337 e. The van der Waals surface area contributed by atoms with Crippen molar-refractivity contribution in [2.45, 2.75) is 6.54 Å². The molecule has 1 fully saturated rings. The van der Waals surface area contributed by atoms with Crippen LogP contribution in [0.4, 0.5) is 0 Å². The van der Waals surface area contributed by atoms with Crippen LogP contribution in [0.3, 0.4) is 0 Å². The third kappa shape index (κ3) is 5.82. The van der Waals surface area contributed by atoms with Crippen molar-refractivity contribution in [2.24, 2.45) is 0 Å². The molecule has 1 aliphatic heterocycles. The Bertz CT molecular complexity index is 836. The second-order valence-electron chi connectivity index (χ2n) is 6.30. The quantitative estimate of drug-likeness (QED) is 0.618. The summed E-state index contributed by atoms with van der Waals surface area (Å²) >= 11 is 0. The third-order valence-electron chi connectivity index (χ3n) is 4.37. The summed E-state index contributed by atoms with van der Waals surface area (Å²) in [5.41, 5.74) is 3.81. The summed E-state index contributed by atoms with van der Waals surface area (Å²) in [6, 6.07) is 15.6. The van der Waals surface area contributed by atoms with Gasteiger partial charge in [0.1, 0.15) is 0 Å². The highest BCUT2D eigenvalue weighted by Gasteiger charge is 2.10. The Morgan fingerprint density at radius 1 is 1.11 bits per heavy atom. The first-order chi connectivity index (χ1) is 13.2. The molecule has 0 radical (unpaired) electrons. The van der Waals surface area contributed by atoms with Crippen LogP contribution >= 0.6 is 0 Å². The van der Waals surface area contributed by atoms with Crippen LogP contribution in [0.5, 0.6) is 0 Å². The molecule has 0 amide bonds. The molecular formula is C23H23NO3. The summed E-state index contributed by atoms with van der Waals surface area (Å²) in [4.78, 5) is 13.8. The molecule has 2 aromatic carbocycles. The maximum atomic E-state index is 11.4. The van der Waals surface area contributed by atoms with Gasteiger partial charge in [-0.1, -0.05) is 36.1 Å². The SMILES string of the molecule is COC(=O)c1ccc(C#CC=Cc2ccc(CN3CCOCC3)cc2)cc1. The van der Waals surface area contributed by atoms with Crippen LogP contribution in [0.25, 0.3) is 6.08 Å². The number of esters is 1. The van der Waals surface area contributed by atoms with Gasteiger partial charge in [0, 0.05) is 25.2 Å². The van der Waals surface area contributed by atoms with E-state index in [0.29, 0.717) is 5.56 Å². The summed E-state index contributed by atoms with van der Waals surface area (Å²) in [6.45, 7) is 4.61. The molecule has 4 nitrogen and oxygen atoms in total. The zero-order chi connectivity index (χ0) is 18.9. The molecule has 3 rings (SSSR count). The van der Waals surface area contributed by atoms with Gasteiger partial charge < -0.3 is 9.47 Å². The van der Waals surface area contributed by atoms with Crippen molar-refractivity contribution in [3.8, 4) is 11.8 Å². The average molecular weight is 361 g/mol. The lowest BCUT2D eigenvalue weighted by atomic mass is 10.1. The van der Waals surface area contributed by atoms with Gasteiger partial charge in [0.05, 0.1) is 25.9 Å². The molecule has 0 atom stereocenters. The minimum Gasteiger partial charge on any atom is -0.465 e. The molecule has 1 aliphatic rings. The van der Waals surface area contributed by atoms with Gasteiger partial charge in [-0.05, 0) is 47.5 Å². The Hall–Kier alpha value is -2.87. The van der Waals surface area contributed by atoms with E-state index in [-0.39, 0.29) is 5.97 Å². The molecule has 4 heteroatoms. The van der Waals surface area contributed by atoms with Crippen molar-refractivity contribution in [1.82, 2.24) is 4.90 Å². The molecule has 2 aromatic rings. The number of methoxy groups -OCH3 is 1. The molecule has 1 saturated heterocycles. The average Bonchev–Trinajstić information content (AvgIpc) is 2.73. The van der Waals surface area contributed by atoms with Gasteiger partial charge in [-0.2, -0.15) is 0 Å². The van der Waals surface area contributed by atoms with Gasteiger partial charge in [0.25, 0.3) is 0 Å². The van der Waals surface area contributed by atoms with Crippen LogP contribution in [0.2, 0.25) is 0 Å². The summed E-state index contributed by atoms with van der Waals surface area (Å²) in [5, 5.41) is 0. The lowest BCUT2D eigenvalue weighted by Crippen LogP contribution is -2.35. The number of ether oxygens (including phenoxy) is 2. The Labute approximate surface area is 160 Å². The highest BCUT2D eigenvalue weighted by Crippen LogP contribution is 2.10. The van der Waals surface area contributed by atoms with Crippen molar-refractivity contribution in [3.63, 3.8) is 0 Å². The second kappa shape index (κ2) is 9.72. The predicted octanol–water partition coefficient (Wildman–Crippen LogP) is 3.37. The van der Waals surface area contributed by atoms with E-state index >= 15 is 0 Å². The van der Waals surface area contributed by atoms with Crippen molar-refractivity contribution >= 4 is 12.0 Å². The van der Waals surface area contributed by atoms with E-state index in [9.17, 15) is 4.79 Å². The lowest BCUT2D eigenvalue weighted by molar-refractivity contribution is 0.0342. The van der Waals surface area contributed by atoms with Crippen molar-refractivity contribution in [1.29, 1.82) is 0 Å². The first-order valence-electron chi connectivity index (χ1n) is 9.00. The standard InChI is InChI=1S/C23H23NO3/c1-26-23(25)22-12-10-20(11-13-22)5-3-2-4-19-6-8-21(9-7-19)18-24-14-16-27-17-15-24/h2,4,6-13H,14-18H2,1H3. The van der Waals surface area contributed by atoms with Crippen LogP contribution < -0.4 is 0 Å². The lowest BCUT2D eigenvalue weighted by Gasteiger charge is -2.26. The van der Waals surface area contributed by atoms with E-state index in [1.165, 1.54) is 12.7 Å². The highest BCUT2D eigenvalue weighted by atomic mass is 16.5. The Balaban J connectivity index is 1.54. The number of rotatable bonds is 4. The van der Waals surface area contributed by atoms with E-state index in [0.717, 1.165) is 44.0 Å².